The predicted octanol–water partition coefficient (Wildman–Crippen LogP) is 8.92. The summed E-state index contributed by atoms with van der Waals surface area (Å²) in [5.74, 6) is 2.00. The fourth-order valence-electron chi connectivity index (χ4n) is 6.95. The molecule has 4 aromatic carbocycles. The second-order valence-electron chi connectivity index (χ2n) is 11.6. The van der Waals surface area contributed by atoms with Gasteiger partial charge in [-0.15, -0.1) is 0 Å². The van der Waals surface area contributed by atoms with Gasteiger partial charge in [-0.05, 0) is 60.6 Å². The van der Waals surface area contributed by atoms with Crippen molar-refractivity contribution >= 4 is 27.4 Å². The van der Waals surface area contributed by atoms with Gasteiger partial charge in [0, 0.05) is 27.3 Å². The summed E-state index contributed by atoms with van der Waals surface area (Å²) < 4.78 is 2.25. The van der Waals surface area contributed by atoms with Crippen molar-refractivity contribution in [2.45, 2.75) is 44.9 Å². The number of aromatic nitrogens is 4. The minimum absolute atomic E-state index is 0.0661. The van der Waals surface area contributed by atoms with Crippen molar-refractivity contribution in [1.29, 1.82) is 0 Å². The van der Waals surface area contributed by atoms with Crippen LogP contribution in [0.1, 0.15) is 50.7 Å². The van der Waals surface area contributed by atoms with Crippen LogP contribution < -0.4 is 0 Å². The molecule has 40 heavy (non-hydrogen) atoms. The minimum Gasteiger partial charge on any atom is -0.278 e. The van der Waals surface area contributed by atoms with Crippen molar-refractivity contribution in [2.24, 2.45) is 0 Å². The van der Waals surface area contributed by atoms with E-state index in [1.165, 1.54) is 47.6 Å². The standard InChI is InChI=1S/C36H30N4/c1-36(2)29-19-11-9-17-25(29)27-22-32-28(21-30(27)36)26-18-10-12-20-31(26)40(32)35-38-33(23-13-5-3-6-14-23)37-34(39-35)24-15-7-4-8-16-24/h3-8,10,12-16,18,20-22H,9,11,17,19H2,1-2H3. The SMILES string of the molecule is CC1(C)C2=C(CCCC2)c2cc3c(cc21)c1ccccc1n3-c1nc(-c2ccccc2)nc(-c2ccccc2)n1. The molecule has 0 radical (unpaired) electrons. The van der Waals surface area contributed by atoms with Crippen LogP contribution >= 0.6 is 0 Å². The van der Waals surface area contributed by atoms with E-state index in [1.807, 2.05) is 36.4 Å². The summed E-state index contributed by atoms with van der Waals surface area (Å²) in [4.78, 5) is 15.1. The summed E-state index contributed by atoms with van der Waals surface area (Å²) in [5, 5.41) is 2.48. The van der Waals surface area contributed by atoms with Gasteiger partial charge < -0.3 is 0 Å². The zero-order valence-corrected chi connectivity index (χ0v) is 22.9. The Balaban J connectivity index is 1.45. The lowest BCUT2D eigenvalue weighted by molar-refractivity contribution is 0.574. The van der Waals surface area contributed by atoms with Gasteiger partial charge in [-0.3, -0.25) is 4.57 Å². The first-order valence-corrected chi connectivity index (χ1v) is 14.3. The molecule has 2 aliphatic carbocycles. The first-order chi connectivity index (χ1) is 19.6. The van der Waals surface area contributed by atoms with E-state index < -0.39 is 0 Å². The molecule has 0 saturated heterocycles. The second-order valence-corrected chi connectivity index (χ2v) is 11.6. The van der Waals surface area contributed by atoms with Crippen molar-refractivity contribution in [3.05, 3.63) is 114 Å². The Morgan fingerprint density at radius 1 is 0.625 bits per heavy atom. The Morgan fingerprint density at radius 2 is 1.25 bits per heavy atom. The summed E-state index contributed by atoms with van der Waals surface area (Å²) in [6.07, 6.45) is 4.93. The zero-order valence-electron chi connectivity index (χ0n) is 22.9. The average molecular weight is 519 g/mol. The number of hydrogen-bond donors (Lipinski definition) is 0. The number of hydrogen-bond acceptors (Lipinski definition) is 3. The lowest BCUT2D eigenvalue weighted by Crippen LogP contribution is -2.18. The number of nitrogens with zero attached hydrogens (tertiary/aromatic N) is 4. The van der Waals surface area contributed by atoms with E-state index in [0.717, 1.165) is 22.2 Å². The van der Waals surface area contributed by atoms with Crippen molar-refractivity contribution in [2.75, 3.05) is 0 Å². The maximum atomic E-state index is 5.10. The van der Waals surface area contributed by atoms with E-state index in [2.05, 4.69) is 79.1 Å². The number of benzene rings is 4. The Morgan fingerprint density at radius 3 is 1.95 bits per heavy atom. The van der Waals surface area contributed by atoms with Gasteiger partial charge in [0.05, 0.1) is 11.0 Å². The molecule has 0 fully saturated rings. The molecular weight excluding hydrogens is 488 g/mol. The van der Waals surface area contributed by atoms with E-state index in [4.69, 9.17) is 15.0 Å². The molecule has 4 heteroatoms. The first kappa shape index (κ1) is 23.3. The van der Waals surface area contributed by atoms with Crippen LogP contribution in [0, 0.1) is 0 Å². The molecular formula is C36H30N4. The summed E-state index contributed by atoms with van der Waals surface area (Å²) in [7, 11) is 0. The van der Waals surface area contributed by atoms with Crippen LogP contribution in [0.4, 0.5) is 0 Å². The molecule has 194 valence electrons. The van der Waals surface area contributed by atoms with Crippen LogP contribution in [-0.2, 0) is 5.41 Å². The van der Waals surface area contributed by atoms with Gasteiger partial charge in [0.2, 0.25) is 5.95 Å². The lowest BCUT2D eigenvalue weighted by Gasteiger charge is -2.26. The van der Waals surface area contributed by atoms with Crippen LogP contribution in [0.5, 0.6) is 0 Å². The highest BCUT2D eigenvalue weighted by atomic mass is 15.2. The topological polar surface area (TPSA) is 43.6 Å². The summed E-state index contributed by atoms with van der Waals surface area (Å²) in [6.45, 7) is 4.82. The van der Waals surface area contributed by atoms with Gasteiger partial charge in [-0.1, -0.05) is 98.3 Å². The largest absolute Gasteiger partial charge is 0.278 e. The van der Waals surface area contributed by atoms with Crippen molar-refractivity contribution in [1.82, 2.24) is 19.5 Å². The Bertz CT molecular complexity index is 1910. The number of rotatable bonds is 3. The third-order valence-electron chi connectivity index (χ3n) is 8.92. The van der Waals surface area contributed by atoms with Gasteiger partial charge in [-0.25, -0.2) is 4.98 Å². The van der Waals surface area contributed by atoms with Crippen LogP contribution in [0.25, 0.3) is 56.1 Å². The molecule has 0 unspecified atom stereocenters. The van der Waals surface area contributed by atoms with E-state index in [1.54, 1.807) is 11.1 Å². The fourth-order valence-corrected chi connectivity index (χ4v) is 6.95. The fraction of sp³-hybridized carbons (Fsp3) is 0.194. The molecule has 2 heterocycles. The molecule has 0 saturated carbocycles. The van der Waals surface area contributed by atoms with Crippen LogP contribution in [0.3, 0.4) is 0 Å². The van der Waals surface area contributed by atoms with Crippen LogP contribution in [0.2, 0.25) is 0 Å². The molecule has 0 atom stereocenters. The highest BCUT2D eigenvalue weighted by Crippen LogP contribution is 2.53. The lowest BCUT2D eigenvalue weighted by atomic mass is 9.77. The summed E-state index contributed by atoms with van der Waals surface area (Å²) in [5.41, 5.74) is 10.4. The van der Waals surface area contributed by atoms with Crippen molar-refractivity contribution < 1.29 is 0 Å². The number of allylic oxidation sites excluding steroid dienone is 2. The molecule has 0 amide bonds. The smallest absolute Gasteiger partial charge is 0.238 e. The maximum absolute atomic E-state index is 5.10. The quantitative estimate of drug-likeness (QED) is 0.235. The minimum atomic E-state index is 0.0661. The molecule has 0 spiro atoms. The normalized spacial score (nSPS) is 15.9. The molecule has 8 rings (SSSR count). The molecule has 6 aromatic rings. The van der Waals surface area contributed by atoms with Crippen LogP contribution in [0.15, 0.2) is 103 Å². The third-order valence-corrected chi connectivity index (χ3v) is 8.92. The highest BCUT2D eigenvalue weighted by Gasteiger charge is 2.39. The summed E-state index contributed by atoms with van der Waals surface area (Å²) >= 11 is 0. The third kappa shape index (κ3) is 3.42. The average Bonchev–Trinajstić information content (AvgIpc) is 3.45. The second kappa shape index (κ2) is 8.72. The van der Waals surface area contributed by atoms with E-state index in [0.29, 0.717) is 17.6 Å². The Kier molecular flexibility index (Phi) is 5.09. The van der Waals surface area contributed by atoms with Crippen molar-refractivity contribution in [3.63, 3.8) is 0 Å². The molecule has 2 aliphatic rings. The first-order valence-electron chi connectivity index (χ1n) is 14.3. The van der Waals surface area contributed by atoms with Crippen molar-refractivity contribution in [3.8, 4) is 28.7 Å². The zero-order chi connectivity index (χ0) is 26.8. The molecule has 0 bridgehead atoms. The predicted molar refractivity (Wildman–Crippen MR) is 163 cm³/mol. The summed E-state index contributed by atoms with van der Waals surface area (Å²) in [6, 6.07) is 33.9. The van der Waals surface area contributed by atoms with Gasteiger partial charge >= 0.3 is 0 Å². The van der Waals surface area contributed by atoms with Gasteiger partial charge in [0.1, 0.15) is 0 Å². The highest BCUT2D eigenvalue weighted by molar-refractivity contribution is 6.10. The molecule has 0 N–H and O–H groups in total. The van der Waals surface area contributed by atoms with Crippen LogP contribution in [-0.4, -0.2) is 19.5 Å². The number of para-hydroxylation sites is 1. The van der Waals surface area contributed by atoms with Gasteiger partial charge in [0.15, 0.2) is 11.6 Å². The van der Waals surface area contributed by atoms with E-state index in [9.17, 15) is 0 Å². The molecule has 2 aromatic heterocycles. The molecule has 4 nitrogen and oxygen atoms in total. The molecule has 0 aliphatic heterocycles. The van der Waals surface area contributed by atoms with E-state index in [-0.39, 0.29) is 5.41 Å². The monoisotopic (exact) mass is 518 g/mol. The number of fused-ring (bicyclic) bond motifs is 5. The Hall–Kier alpha value is -4.57. The van der Waals surface area contributed by atoms with Gasteiger partial charge in [0.25, 0.3) is 0 Å². The van der Waals surface area contributed by atoms with Gasteiger partial charge in [-0.2, -0.15) is 9.97 Å². The maximum Gasteiger partial charge on any atom is 0.238 e. The van der Waals surface area contributed by atoms with E-state index >= 15 is 0 Å². The Labute approximate surface area is 234 Å².